The van der Waals surface area contributed by atoms with Gasteiger partial charge in [0.2, 0.25) is 0 Å². The number of nitrogens with zero attached hydrogens (tertiary/aromatic N) is 2. The molecule has 1 aromatic heterocycles. The third-order valence-electron chi connectivity index (χ3n) is 6.51. The van der Waals surface area contributed by atoms with Crippen molar-refractivity contribution in [3.63, 3.8) is 0 Å². The largest absolute Gasteiger partial charge is 0.333 e. The van der Waals surface area contributed by atoms with Gasteiger partial charge in [0.1, 0.15) is 6.07 Å². The molecule has 3 aliphatic rings. The molecule has 2 aromatic rings. The number of carbonyl (C=O) groups excluding carboxylic acids is 1. The highest BCUT2D eigenvalue weighted by molar-refractivity contribution is 7.92. The van der Waals surface area contributed by atoms with Crippen molar-refractivity contribution in [2.24, 2.45) is 0 Å². The van der Waals surface area contributed by atoms with Gasteiger partial charge in [-0.2, -0.15) is 5.26 Å². The molecule has 0 spiro atoms. The normalized spacial score (nSPS) is 17.5. The summed E-state index contributed by atoms with van der Waals surface area (Å²) in [5, 5.41) is 12.5. The van der Waals surface area contributed by atoms with Crippen molar-refractivity contribution in [1.29, 1.82) is 5.26 Å². The molecular weight excluding hydrogens is 432 g/mol. The van der Waals surface area contributed by atoms with Crippen molar-refractivity contribution in [2.75, 3.05) is 18.9 Å². The minimum Gasteiger partial charge on any atom is -0.307 e. The monoisotopic (exact) mass is 456 g/mol. The molecule has 0 bridgehead atoms. The number of hydrogen-bond donors (Lipinski definition) is 2. The van der Waals surface area contributed by atoms with E-state index >= 15 is 0 Å². The van der Waals surface area contributed by atoms with Crippen molar-refractivity contribution in [3.8, 4) is 6.07 Å². The predicted octanol–water partition coefficient (Wildman–Crippen LogP) is 3.10. The van der Waals surface area contributed by atoms with Crippen LogP contribution in [0.2, 0.25) is 0 Å². The van der Waals surface area contributed by atoms with Crippen LogP contribution < -0.4 is 10.0 Å². The fourth-order valence-electron chi connectivity index (χ4n) is 5.08. The summed E-state index contributed by atoms with van der Waals surface area (Å²) in [4.78, 5) is 15.8. The Morgan fingerprint density at radius 1 is 1.10 bits per heavy atom. The SMILES string of the molecule is CN1CCc2c(sc(S(=O)(=O)NC(=O)Nc3c4c(cc5c3CCC5)CCC4)c2C#N)C1. The van der Waals surface area contributed by atoms with Gasteiger partial charge in [-0.25, -0.2) is 17.9 Å². The van der Waals surface area contributed by atoms with Gasteiger partial charge < -0.3 is 10.2 Å². The number of aryl methyl sites for hydroxylation is 2. The number of likely N-dealkylation sites (N-methyl/N-ethyl adjacent to an activating group) is 1. The van der Waals surface area contributed by atoms with E-state index in [0.29, 0.717) is 13.0 Å². The highest BCUT2D eigenvalue weighted by Gasteiger charge is 2.32. The lowest BCUT2D eigenvalue weighted by Gasteiger charge is -2.21. The molecule has 2 aliphatic carbocycles. The zero-order chi connectivity index (χ0) is 21.8. The Balaban J connectivity index is 1.43. The molecule has 1 aliphatic heterocycles. The maximum absolute atomic E-state index is 13.1. The van der Waals surface area contributed by atoms with Crippen molar-refractivity contribution in [2.45, 2.75) is 55.7 Å². The van der Waals surface area contributed by atoms with Gasteiger partial charge in [-0.15, -0.1) is 11.3 Å². The first kappa shape index (κ1) is 20.5. The number of hydrogen-bond acceptors (Lipinski definition) is 6. The minimum absolute atomic E-state index is 0.0611. The molecule has 1 aromatic carbocycles. The van der Waals surface area contributed by atoms with E-state index in [2.05, 4.69) is 27.1 Å². The minimum atomic E-state index is -4.15. The van der Waals surface area contributed by atoms with Crippen LogP contribution in [0.1, 0.15) is 51.1 Å². The van der Waals surface area contributed by atoms with E-state index < -0.39 is 16.1 Å². The molecule has 7 nitrogen and oxygen atoms in total. The highest BCUT2D eigenvalue weighted by atomic mass is 32.2. The number of urea groups is 1. The Labute approximate surface area is 186 Å². The lowest BCUT2D eigenvalue weighted by atomic mass is 9.99. The summed E-state index contributed by atoms with van der Waals surface area (Å²) in [6.45, 7) is 1.38. The number of benzene rings is 1. The third-order valence-corrected chi connectivity index (χ3v) is 9.58. The summed E-state index contributed by atoms with van der Waals surface area (Å²) >= 11 is 1.09. The topological polar surface area (TPSA) is 102 Å². The van der Waals surface area contributed by atoms with Gasteiger partial charge in [0.25, 0.3) is 10.0 Å². The first-order valence-corrected chi connectivity index (χ1v) is 12.9. The highest BCUT2D eigenvalue weighted by Crippen LogP contribution is 2.39. The van der Waals surface area contributed by atoms with Crippen LogP contribution in [0.15, 0.2) is 10.3 Å². The van der Waals surface area contributed by atoms with E-state index in [0.717, 1.165) is 83.7 Å². The summed E-state index contributed by atoms with van der Waals surface area (Å²) in [5.74, 6) is 0. The number of nitriles is 1. The lowest BCUT2D eigenvalue weighted by Crippen LogP contribution is -2.35. The number of carbonyl (C=O) groups is 1. The zero-order valence-corrected chi connectivity index (χ0v) is 19.0. The van der Waals surface area contributed by atoms with Gasteiger partial charge in [0.05, 0.1) is 5.56 Å². The molecule has 0 unspecified atom stereocenters. The summed E-state index contributed by atoms with van der Waals surface area (Å²) in [6, 6.07) is 3.56. The standard InChI is InChI=1S/C22H24N4O3S2/c1-26-9-8-17-18(11-23)21(30-19(17)12-26)31(28,29)25-22(27)24-20-15-6-2-4-13(15)10-14-5-3-7-16(14)20/h10H,2-9,12H2,1H3,(H2,24,25,27). The van der Waals surface area contributed by atoms with Gasteiger partial charge in [0.15, 0.2) is 4.21 Å². The predicted molar refractivity (Wildman–Crippen MR) is 119 cm³/mol. The first-order valence-electron chi connectivity index (χ1n) is 10.6. The van der Waals surface area contributed by atoms with E-state index in [1.165, 1.54) is 11.1 Å². The number of amides is 2. The Bertz CT molecular complexity index is 1210. The van der Waals surface area contributed by atoms with Gasteiger partial charge in [-0.1, -0.05) is 6.07 Å². The zero-order valence-electron chi connectivity index (χ0n) is 17.4. The average Bonchev–Trinajstić information content (AvgIpc) is 3.44. The maximum atomic E-state index is 13.1. The van der Waals surface area contributed by atoms with Crippen LogP contribution >= 0.6 is 11.3 Å². The summed E-state index contributed by atoms with van der Waals surface area (Å²) in [6.07, 6.45) is 6.52. The molecule has 5 rings (SSSR count). The van der Waals surface area contributed by atoms with Crippen molar-refractivity contribution >= 4 is 33.1 Å². The van der Waals surface area contributed by atoms with Crippen LogP contribution in [0.3, 0.4) is 0 Å². The summed E-state index contributed by atoms with van der Waals surface area (Å²) in [5.41, 5.74) is 6.57. The number of sulfonamides is 1. The molecule has 31 heavy (non-hydrogen) atoms. The van der Waals surface area contributed by atoms with E-state index in [4.69, 9.17) is 0 Å². The molecule has 2 heterocycles. The van der Waals surface area contributed by atoms with Crippen LogP contribution in [0, 0.1) is 11.3 Å². The Kier molecular flexibility index (Phi) is 5.04. The number of fused-ring (bicyclic) bond motifs is 3. The fraction of sp³-hybridized carbons (Fsp3) is 0.455. The first-order chi connectivity index (χ1) is 14.9. The maximum Gasteiger partial charge on any atom is 0.333 e. The molecule has 0 saturated carbocycles. The van der Waals surface area contributed by atoms with Crippen LogP contribution in [-0.4, -0.2) is 32.9 Å². The second-order valence-corrected chi connectivity index (χ2v) is 11.5. The van der Waals surface area contributed by atoms with E-state index in [-0.39, 0.29) is 9.77 Å². The molecule has 0 radical (unpaired) electrons. The smallest absolute Gasteiger partial charge is 0.307 e. The van der Waals surface area contributed by atoms with Crippen LogP contribution in [-0.2, 0) is 48.7 Å². The molecule has 0 saturated heterocycles. The van der Waals surface area contributed by atoms with Crippen LogP contribution in [0.5, 0.6) is 0 Å². The van der Waals surface area contributed by atoms with E-state index in [1.807, 2.05) is 7.05 Å². The van der Waals surface area contributed by atoms with Gasteiger partial charge in [-0.3, -0.25) is 0 Å². The number of thiophene rings is 1. The van der Waals surface area contributed by atoms with Crippen LogP contribution in [0.4, 0.5) is 10.5 Å². The number of anilines is 1. The Morgan fingerprint density at radius 2 is 1.77 bits per heavy atom. The third kappa shape index (κ3) is 3.53. The second-order valence-electron chi connectivity index (χ2n) is 8.56. The van der Waals surface area contributed by atoms with Gasteiger partial charge in [-0.05, 0) is 79.8 Å². The number of nitrogens with one attached hydrogen (secondary N) is 2. The molecular formula is C22H24N4O3S2. The molecule has 9 heteroatoms. The molecule has 2 N–H and O–H groups in total. The van der Waals surface area contributed by atoms with E-state index in [9.17, 15) is 18.5 Å². The van der Waals surface area contributed by atoms with Gasteiger partial charge in [0, 0.05) is 23.7 Å². The van der Waals surface area contributed by atoms with Crippen molar-refractivity contribution < 1.29 is 13.2 Å². The molecule has 2 amide bonds. The van der Waals surface area contributed by atoms with Gasteiger partial charge >= 0.3 is 6.03 Å². The van der Waals surface area contributed by atoms with Crippen molar-refractivity contribution in [1.82, 2.24) is 9.62 Å². The van der Waals surface area contributed by atoms with Crippen LogP contribution in [0.25, 0.3) is 0 Å². The lowest BCUT2D eigenvalue weighted by molar-refractivity contribution is 0.256. The Hall–Kier alpha value is -2.41. The summed E-state index contributed by atoms with van der Waals surface area (Å²) in [7, 11) is -2.18. The van der Waals surface area contributed by atoms with E-state index in [1.54, 1.807) is 0 Å². The summed E-state index contributed by atoms with van der Waals surface area (Å²) < 4.78 is 28.2. The second kappa shape index (κ2) is 7.62. The molecule has 0 atom stereocenters. The fourth-order valence-corrected chi connectivity index (χ4v) is 7.88. The van der Waals surface area contributed by atoms with Crippen molar-refractivity contribution in [3.05, 3.63) is 44.3 Å². The average molecular weight is 457 g/mol. The number of rotatable bonds is 3. The Morgan fingerprint density at radius 3 is 2.42 bits per heavy atom. The molecule has 162 valence electrons. The molecule has 0 fully saturated rings. The quantitative estimate of drug-likeness (QED) is 0.739.